The molecular weight excluding hydrogens is 219 g/mol. The topological polar surface area (TPSA) is 41.1 Å². The summed E-state index contributed by atoms with van der Waals surface area (Å²) < 4.78 is 12.8. The molecule has 1 saturated heterocycles. The molecule has 0 bridgehead atoms. The number of hydrogen-bond donors (Lipinski definition) is 2. The molecule has 0 aromatic heterocycles. The molecule has 1 heterocycles. The Bertz CT molecular complexity index is 385. The van der Waals surface area contributed by atoms with Crippen LogP contribution in [0.4, 0.5) is 4.39 Å². The summed E-state index contributed by atoms with van der Waals surface area (Å²) in [6, 6.07) is 6.05. The first-order valence-electron chi connectivity index (χ1n) is 5.96. The van der Waals surface area contributed by atoms with Crippen LogP contribution in [-0.4, -0.2) is 18.5 Å². The van der Waals surface area contributed by atoms with Gasteiger partial charge in [-0.25, -0.2) is 4.39 Å². The molecule has 2 N–H and O–H groups in total. The van der Waals surface area contributed by atoms with Crippen LogP contribution in [0.25, 0.3) is 0 Å². The van der Waals surface area contributed by atoms with Gasteiger partial charge in [-0.15, -0.1) is 0 Å². The molecule has 0 unspecified atom stereocenters. The van der Waals surface area contributed by atoms with Crippen molar-refractivity contribution in [2.75, 3.05) is 6.54 Å². The predicted octanol–water partition coefficient (Wildman–Crippen LogP) is 1.75. The van der Waals surface area contributed by atoms with Gasteiger partial charge in [-0.2, -0.15) is 0 Å². The normalized spacial score (nSPS) is 21.2. The number of nitrogens with one attached hydrogen (secondary N) is 2. The summed E-state index contributed by atoms with van der Waals surface area (Å²) in [5.74, 6) is -0.232. The molecule has 4 heteroatoms. The highest BCUT2D eigenvalue weighted by molar-refractivity contribution is 5.82. The monoisotopic (exact) mass is 236 g/mol. The molecule has 1 amide bonds. The largest absolute Gasteiger partial charge is 0.348 e. The van der Waals surface area contributed by atoms with Crippen molar-refractivity contribution in [3.8, 4) is 0 Å². The van der Waals surface area contributed by atoms with Gasteiger partial charge >= 0.3 is 0 Å². The van der Waals surface area contributed by atoms with Crippen molar-refractivity contribution in [3.05, 3.63) is 35.6 Å². The number of carbonyl (C=O) groups excluding carboxylic acids is 1. The number of halogens is 1. The zero-order chi connectivity index (χ0) is 12.3. The molecule has 0 radical (unpaired) electrons. The second-order valence-electron chi connectivity index (χ2n) is 4.43. The van der Waals surface area contributed by atoms with E-state index in [-0.39, 0.29) is 23.8 Å². The molecule has 0 spiro atoms. The molecular formula is C13H17FN2O. The highest BCUT2D eigenvalue weighted by atomic mass is 19.1. The van der Waals surface area contributed by atoms with Gasteiger partial charge in [-0.1, -0.05) is 12.1 Å². The van der Waals surface area contributed by atoms with E-state index in [0.717, 1.165) is 24.9 Å². The fourth-order valence-electron chi connectivity index (χ4n) is 2.06. The van der Waals surface area contributed by atoms with E-state index in [1.807, 2.05) is 6.92 Å². The Morgan fingerprint density at radius 2 is 2.18 bits per heavy atom. The maximum absolute atomic E-state index is 12.8. The average molecular weight is 236 g/mol. The van der Waals surface area contributed by atoms with Gasteiger partial charge in [0.25, 0.3) is 0 Å². The lowest BCUT2D eigenvalue weighted by Gasteiger charge is -2.17. The third-order valence-corrected chi connectivity index (χ3v) is 3.11. The summed E-state index contributed by atoms with van der Waals surface area (Å²) in [7, 11) is 0. The van der Waals surface area contributed by atoms with Gasteiger partial charge in [-0.3, -0.25) is 4.79 Å². The molecule has 1 fully saturated rings. The summed E-state index contributed by atoms with van der Waals surface area (Å²) in [6.07, 6.45) is 1.94. The van der Waals surface area contributed by atoms with E-state index in [1.54, 1.807) is 12.1 Å². The van der Waals surface area contributed by atoms with Crippen LogP contribution in [0.1, 0.15) is 31.4 Å². The minimum atomic E-state index is -0.260. The summed E-state index contributed by atoms with van der Waals surface area (Å²) in [5.41, 5.74) is 0.915. The second kappa shape index (κ2) is 5.27. The van der Waals surface area contributed by atoms with E-state index in [0.29, 0.717) is 0 Å². The lowest BCUT2D eigenvalue weighted by atomic mass is 10.1. The van der Waals surface area contributed by atoms with E-state index in [1.165, 1.54) is 12.1 Å². The first kappa shape index (κ1) is 12.0. The van der Waals surface area contributed by atoms with E-state index >= 15 is 0 Å². The van der Waals surface area contributed by atoms with Crippen LogP contribution in [0, 0.1) is 5.82 Å². The highest BCUT2D eigenvalue weighted by Gasteiger charge is 2.23. The van der Waals surface area contributed by atoms with Crippen molar-refractivity contribution in [2.24, 2.45) is 0 Å². The maximum atomic E-state index is 12.8. The first-order chi connectivity index (χ1) is 8.16. The highest BCUT2D eigenvalue weighted by Crippen LogP contribution is 2.14. The summed E-state index contributed by atoms with van der Waals surface area (Å²) in [4.78, 5) is 11.8. The average Bonchev–Trinajstić information content (AvgIpc) is 2.83. The zero-order valence-electron chi connectivity index (χ0n) is 9.87. The van der Waals surface area contributed by atoms with Crippen molar-refractivity contribution < 1.29 is 9.18 Å². The molecule has 2 rings (SSSR count). The van der Waals surface area contributed by atoms with Gasteiger partial charge in [0.1, 0.15) is 5.82 Å². The quantitative estimate of drug-likeness (QED) is 0.839. The SMILES string of the molecule is C[C@@H](NC(=O)[C@H]1CCCN1)c1ccc(F)cc1. The van der Waals surface area contributed by atoms with E-state index in [9.17, 15) is 9.18 Å². The van der Waals surface area contributed by atoms with Crippen molar-refractivity contribution in [3.63, 3.8) is 0 Å². The third-order valence-electron chi connectivity index (χ3n) is 3.11. The Morgan fingerprint density at radius 1 is 1.47 bits per heavy atom. The fraction of sp³-hybridized carbons (Fsp3) is 0.462. The van der Waals surface area contributed by atoms with Crippen LogP contribution in [0.15, 0.2) is 24.3 Å². The van der Waals surface area contributed by atoms with Crippen LogP contribution in [0.2, 0.25) is 0 Å². The molecule has 1 aliphatic rings. The van der Waals surface area contributed by atoms with Gasteiger partial charge in [0.2, 0.25) is 5.91 Å². The van der Waals surface area contributed by atoms with Gasteiger partial charge in [0.05, 0.1) is 12.1 Å². The van der Waals surface area contributed by atoms with Crippen LogP contribution in [-0.2, 0) is 4.79 Å². The Balaban J connectivity index is 1.93. The van der Waals surface area contributed by atoms with Gasteiger partial charge < -0.3 is 10.6 Å². The van der Waals surface area contributed by atoms with Gasteiger partial charge in [-0.05, 0) is 44.0 Å². The number of carbonyl (C=O) groups is 1. The molecule has 1 aromatic rings. The van der Waals surface area contributed by atoms with Crippen LogP contribution in [0.3, 0.4) is 0 Å². The first-order valence-corrected chi connectivity index (χ1v) is 5.96. The lowest BCUT2D eigenvalue weighted by Crippen LogP contribution is -2.41. The Labute approximate surface area is 100 Å². The van der Waals surface area contributed by atoms with Crippen LogP contribution >= 0.6 is 0 Å². The van der Waals surface area contributed by atoms with Crippen molar-refractivity contribution in [1.29, 1.82) is 0 Å². The smallest absolute Gasteiger partial charge is 0.237 e. The zero-order valence-corrected chi connectivity index (χ0v) is 9.87. The molecule has 0 saturated carbocycles. The molecule has 2 atom stereocenters. The van der Waals surface area contributed by atoms with Crippen LogP contribution in [0.5, 0.6) is 0 Å². The minimum absolute atomic E-state index is 0.0272. The molecule has 1 aromatic carbocycles. The van der Waals surface area contributed by atoms with E-state index in [2.05, 4.69) is 10.6 Å². The molecule has 92 valence electrons. The Morgan fingerprint density at radius 3 is 2.76 bits per heavy atom. The van der Waals surface area contributed by atoms with Crippen molar-refractivity contribution in [2.45, 2.75) is 31.8 Å². The fourth-order valence-corrected chi connectivity index (χ4v) is 2.06. The molecule has 0 aliphatic carbocycles. The number of benzene rings is 1. The Hall–Kier alpha value is -1.42. The molecule has 17 heavy (non-hydrogen) atoms. The summed E-state index contributed by atoms with van der Waals surface area (Å²) in [6.45, 7) is 2.81. The second-order valence-corrected chi connectivity index (χ2v) is 4.43. The Kier molecular flexibility index (Phi) is 3.74. The maximum Gasteiger partial charge on any atom is 0.237 e. The number of amides is 1. The predicted molar refractivity (Wildman–Crippen MR) is 64.0 cm³/mol. The standard InChI is InChI=1S/C13H17FN2O/c1-9(10-4-6-11(14)7-5-10)16-13(17)12-3-2-8-15-12/h4-7,9,12,15H,2-3,8H2,1H3,(H,16,17)/t9-,12-/m1/s1. The van der Waals surface area contributed by atoms with E-state index < -0.39 is 0 Å². The third kappa shape index (κ3) is 3.03. The molecule has 3 nitrogen and oxygen atoms in total. The van der Waals surface area contributed by atoms with E-state index in [4.69, 9.17) is 0 Å². The number of rotatable bonds is 3. The van der Waals surface area contributed by atoms with Crippen molar-refractivity contribution >= 4 is 5.91 Å². The lowest BCUT2D eigenvalue weighted by molar-refractivity contribution is -0.123. The number of hydrogen-bond acceptors (Lipinski definition) is 2. The van der Waals surface area contributed by atoms with Crippen molar-refractivity contribution in [1.82, 2.24) is 10.6 Å². The van der Waals surface area contributed by atoms with Crippen LogP contribution < -0.4 is 10.6 Å². The summed E-state index contributed by atoms with van der Waals surface area (Å²) >= 11 is 0. The molecule has 1 aliphatic heterocycles. The van der Waals surface area contributed by atoms with Gasteiger partial charge in [0.15, 0.2) is 0 Å². The summed E-state index contributed by atoms with van der Waals surface area (Å²) in [5, 5.41) is 6.08. The minimum Gasteiger partial charge on any atom is -0.348 e. The van der Waals surface area contributed by atoms with Gasteiger partial charge in [0, 0.05) is 0 Å².